The highest BCUT2D eigenvalue weighted by Crippen LogP contribution is 2.30. The lowest BCUT2D eigenvalue weighted by molar-refractivity contribution is -0.388. The molecule has 106 valence electrons. The Labute approximate surface area is 113 Å². The summed E-state index contributed by atoms with van der Waals surface area (Å²) < 4.78 is 1.76. The quantitative estimate of drug-likeness (QED) is 0.671. The summed E-state index contributed by atoms with van der Waals surface area (Å²) in [4.78, 5) is 14.6. The summed E-state index contributed by atoms with van der Waals surface area (Å²) in [7, 11) is 1.81. The summed E-state index contributed by atoms with van der Waals surface area (Å²) in [6.07, 6.45) is 6.26. The van der Waals surface area contributed by atoms with E-state index in [9.17, 15) is 10.1 Å². The number of anilines is 1. The van der Waals surface area contributed by atoms with Crippen LogP contribution in [0.25, 0.3) is 0 Å². The van der Waals surface area contributed by atoms with Crippen molar-refractivity contribution in [2.45, 2.75) is 52.0 Å². The van der Waals surface area contributed by atoms with E-state index in [1.165, 1.54) is 32.1 Å². The van der Waals surface area contributed by atoms with Crippen molar-refractivity contribution in [2.75, 3.05) is 5.32 Å². The van der Waals surface area contributed by atoms with Crippen molar-refractivity contribution in [1.82, 2.24) is 9.55 Å². The molecule has 0 saturated heterocycles. The van der Waals surface area contributed by atoms with E-state index in [2.05, 4.69) is 17.2 Å². The fraction of sp³-hybridized carbons (Fsp3) is 0.769. The maximum absolute atomic E-state index is 11.0. The minimum absolute atomic E-state index is 0.0670. The van der Waals surface area contributed by atoms with Crippen LogP contribution in [0.3, 0.4) is 0 Å². The smallest absolute Gasteiger partial charge is 0.362 e. The molecule has 1 unspecified atom stereocenters. The number of hydrogen-bond acceptors (Lipinski definition) is 4. The highest BCUT2D eigenvalue weighted by Gasteiger charge is 2.27. The number of aryl methyl sites for hydroxylation is 1. The third kappa shape index (κ3) is 2.88. The van der Waals surface area contributed by atoms with E-state index < -0.39 is 4.92 Å². The van der Waals surface area contributed by atoms with Crippen molar-refractivity contribution in [3.63, 3.8) is 0 Å². The zero-order valence-corrected chi connectivity index (χ0v) is 11.8. The zero-order chi connectivity index (χ0) is 14.0. The molecule has 1 aromatic heterocycles. The molecule has 19 heavy (non-hydrogen) atoms. The average molecular weight is 266 g/mol. The topological polar surface area (TPSA) is 73.0 Å². The second-order valence-electron chi connectivity index (χ2n) is 5.48. The molecule has 1 aromatic rings. The van der Waals surface area contributed by atoms with Crippen LogP contribution in [0.5, 0.6) is 0 Å². The highest BCUT2D eigenvalue weighted by molar-refractivity contribution is 5.54. The third-order valence-electron chi connectivity index (χ3n) is 4.19. The summed E-state index contributed by atoms with van der Waals surface area (Å²) in [5.74, 6) is 1.72. The Kier molecular flexibility index (Phi) is 4.07. The molecule has 2 rings (SSSR count). The van der Waals surface area contributed by atoms with E-state index in [1.807, 2.05) is 7.05 Å². The Morgan fingerprint density at radius 2 is 2.05 bits per heavy atom. The van der Waals surface area contributed by atoms with Gasteiger partial charge in [-0.25, -0.2) is 0 Å². The lowest BCUT2D eigenvalue weighted by Gasteiger charge is -2.28. The fourth-order valence-corrected chi connectivity index (χ4v) is 2.85. The minimum Gasteiger partial charge on any atom is -0.362 e. The molecular formula is C13H22N4O2. The number of nitro groups is 1. The molecule has 0 spiro atoms. The number of nitrogens with zero attached hydrogens (tertiary/aromatic N) is 3. The van der Waals surface area contributed by atoms with Gasteiger partial charge in [-0.3, -0.25) is 4.57 Å². The third-order valence-corrected chi connectivity index (χ3v) is 4.19. The fourth-order valence-electron chi connectivity index (χ4n) is 2.85. The van der Waals surface area contributed by atoms with Crippen LogP contribution in [0.4, 0.5) is 11.6 Å². The number of nitrogens with one attached hydrogen (secondary N) is 1. The number of rotatable bonds is 4. The van der Waals surface area contributed by atoms with Crippen molar-refractivity contribution in [3.8, 4) is 0 Å². The van der Waals surface area contributed by atoms with Crippen molar-refractivity contribution < 1.29 is 4.92 Å². The summed E-state index contributed by atoms with van der Waals surface area (Å²) in [5, 5.41) is 14.3. The highest BCUT2D eigenvalue weighted by atomic mass is 16.6. The van der Waals surface area contributed by atoms with Gasteiger partial charge in [0.2, 0.25) is 11.6 Å². The van der Waals surface area contributed by atoms with Crippen LogP contribution in [0.1, 0.15) is 44.9 Å². The van der Waals surface area contributed by atoms with Crippen LogP contribution in [-0.2, 0) is 7.05 Å². The minimum atomic E-state index is -0.414. The molecule has 1 aliphatic carbocycles. The largest absolute Gasteiger partial charge is 0.406 e. The van der Waals surface area contributed by atoms with Gasteiger partial charge in [-0.1, -0.05) is 19.3 Å². The van der Waals surface area contributed by atoms with E-state index in [1.54, 1.807) is 11.5 Å². The molecule has 1 fully saturated rings. The summed E-state index contributed by atoms with van der Waals surface area (Å²) >= 11 is 0. The Balaban J connectivity index is 2.15. The van der Waals surface area contributed by atoms with Gasteiger partial charge in [0.1, 0.15) is 0 Å². The molecule has 6 nitrogen and oxygen atoms in total. The van der Waals surface area contributed by atoms with E-state index in [0.29, 0.717) is 17.6 Å². The van der Waals surface area contributed by atoms with Crippen LogP contribution in [0.2, 0.25) is 0 Å². The average Bonchev–Trinajstić information content (AvgIpc) is 2.68. The molecule has 1 atom stereocenters. The Morgan fingerprint density at radius 1 is 1.42 bits per heavy atom. The first-order valence-electron chi connectivity index (χ1n) is 6.95. The molecule has 1 heterocycles. The molecule has 0 radical (unpaired) electrons. The first kappa shape index (κ1) is 13.8. The summed E-state index contributed by atoms with van der Waals surface area (Å²) in [6, 6.07) is 0.244. The predicted octanol–water partition coefficient (Wildman–Crippen LogP) is 3.02. The van der Waals surface area contributed by atoms with Gasteiger partial charge in [0.05, 0.1) is 0 Å². The van der Waals surface area contributed by atoms with Gasteiger partial charge < -0.3 is 15.4 Å². The van der Waals surface area contributed by atoms with Gasteiger partial charge in [-0.05, 0) is 35.6 Å². The first-order chi connectivity index (χ1) is 9.00. The van der Waals surface area contributed by atoms with Crippen LogP contribution in [-0.4, -0.2) is 20.5 Å². The van der Waals surface area contributed by atoms with E-state index in [4.69, 9.17) is 0 Å². The van der Waals surface area contributed by atoms with Gasteiger partial charge in [0.25, 0.3) is 0 Å². The zero-order valence-electron chi connectivity index (χ0n) is 11.8. The second-order valence-corrected chi connectivity index (χ2v) is 5.48. The van der Waals surface area contributed by atoms with Gasteiger partial charge in [-0.15, -0.1) is 0 Å². The number of aromatic nitrogens is 2. The second kappa shape index (κ2) is 5.59. The number of hydrogen-bond donors (Lipinski definition) is 1. The lowest BCUT2D eigenvalue weighted by Crippen LogP contribution is -2.28. The van der Waals surface area contributed by atoms with Crippen molar-refractivity contribution in [2.24, 2.45) is 13.0 Å². The Morgan fingerprint density at radius 3 is 2.63 bits per heavy atom. The Hall–Kier alpha value is -1.59. The molecule has 6 heteroatoms. The van der Waals surface area contributed by atoms with E-state index >= 15 is 0 Å². The van der Waals surface area contributed by atoms with E-state index in [0.717, 1.165) is 0 Å². The lowest BCUT2D eigenvalue weighted by atomic mass is 9.84. The Bertz CT molecular complexity index is 463. The van der Waals surface area contributed by atoms with Crippen LogP contribution < -0.4 is 5.32 Å². The standard InChI is InChI=1S/C13H22N4O2/c1-9(11-7-5-4-6-8-11)14-12-13(17(18)19)15-10(2)16(12)3/h9,11,14H,4-8H2,1-3H3. The monoisotopic (exact) mass is 266 g/mol. The van der Waals surface area contributed by atoms with Gasteiger partial charge >= 0.3 is 5.82 Å². The summed E-state index contributed by atoms with van der Waals surface area (Å²) in [5.41, 5.74) is 0. The SMILES string of the molecule is Cc1nc([N+](=O)[O-])c(NC(C)C2CCCCC2)n1C. The van der Waals surface area contributed by atoms with Crippen molar-refractivity contribution in [1.29, 1.82) is 0 Å². The van der Waals surface area contributed by atoms with Gasteiger partial charge in [0, 0.05) is 20.0 Å². The molecule has 0 aromatic carbocycles. The molecule has 1 saturated carbocycles. The molecule has 0 bridgehead atoms. The predicted molar refractivity (Wildman–Crippen MR) is 74.3 cm³/mol. The van der Waals surface area contributed by atoms with E-state index in [-0.39, 0.29) is 11.9 Å². The first-order valence-corrected chi connectivity index (χ1v) is 6.95. The van der Waals surface area contributed by atoms with Crippen molar-refractivity contribution >= 4 is 11.6 Å². The van der Waals surface area contributed by atoms with Gasteiger partial charge in [0.15, 0.2) is 0 Å². The van der Waals surface area contributed by atoms with Crippen LogP contribution in [0.15, 0.2) is 0 Å². The summed E-state index contributed by atoms with van der Waals surface area (Å²) in [6.45, 7) is 3.89. The number of imidazole rings is 1. The molecule has 0 aliphatic heterocycles. The molecular weight excluding hydrogens is 244 g/mol. The maximum Gasteiger partial charge on any atom is 0.406 e. The van der Waals surface area contributed by atoms with Crippen molar-refractivity contribution in [3.05, 3.63) is 15.9 Å². The van der Waals surface area contributed by atoms with Crippen LogP contribution in [0, 0.1) is 23.0 Å². The van der Waals surface area contributed by atoms with Gasteiger partial charge in [-0.2, -0.15) is 0 Å². The molecule has 1 N–H and O–H groups in total. The normalized spacial score (nSPS) is 18.3. The van der Waals surface area contributed by atoms with Crippen LogP contribution >= 0.6 is 0 Å². The molecule has 1 aliphatic rings. The maximum atomic E-state index is 11.0. The molecule has 0 amide bonds.